The zero-order valence-corrected chi connectivity index (χ0v) is 9.22. The van der Waals surface area contributed by atoms with Gasteiger partial charge < -0.3 is 9.73 Å². The van der Waals surface area contributed by atoms with Gasteiger partial charge in [-0.25, -0.2) is 0 Å². The standard InChI is InChI=1S/C10H8Cl2N2O/c11-5-9-6-15-10(14-9)13-8-3-1-7(12)2-4-8/h1-4,6H,5H2,(H,13,14). The Morgan fingerprint density at radius 2 is 2.00 bits per heavy atom. The van der Waals surface area contributed by atoms with Crippen LogP contribution in [0.1, 0.15) is 5.69 Å². The number of oxazole rings is 1. The van der Waals surface area contributed by atoms with E-state index < -0.39 is 0 Å². The van der Waals surface area contributed by atoms with E-state index in [1.165, 1.54) is 6.26 Å². The van der Waals surface area contributed by atoms with Crippen LogP contribution in [0.4, 0.5) is 11.7 Å². The highest BCUT2D eigenvalue weighted by Gasteiger charge is 2.02. The molecule has 0 aliphatic rings. The molecule has 2 rings (SSSR count). The summed E-state index contributed by atoms with van der Waals surface area (Å²) in [6, 6.07) is 7.68. The second-order valence-corrected chi connectivity index (χ2v) is 3.61. The molecule has 1 heterocycles. The molecule has 0 atom stereocenters. The summed E-state index contributed by atoms with van der Waals surface area (Å²) >= 11 is 11.4. The lowest BCUT2D eigenvalue weighted by atomic mass is 10.3. The zero-order valence-electron chi connectivity index (χ0n) is 7.71. The van der Waals surface area contributed by atoms with Crippen molar-refractivity contribution < 1.29 is 4.42 Å². The van der Waals surface area contributed by atoms with Crippen molar-refractivity contribution in [3.63, 3.8) is 0 Å². The highest BCUT2D eigenvalue weighted by molar-refractivity contribution is 6.30. The van der Waals surface area contributed by atoms with Crippen molar-refractivity contribution in [1.82, 2.24) is 4.98 Å². The van der Waals surface area contributed by atoms with Gasteiger partial charge in [-0.3, -0.25) is 0 Å². The summed E-state index contributed by atoms with van der Waals surface area (Å²) in [6.45, 7) is 0. The van der Waals surface area contributed by atoms with Gasteiger partial charge >= 0.3 is 0 Å². The van der Waals surface area contributed by atoms with E-state index in [0.717, 1.165) is 5.69 Å². The lowest BCUT2D eigenvalue weighted by molar-refractivity contribution is 0.576. The Morgan fingerprint density at radius 1 is 1.27 bits per heavy atom. The van der Waals surface area contributed by atoms with Gasteiger partial charge in [-0.15, -0.1) is 11.6 Å². The van der Waals surface area contributed by atoms with Crippen molar-refractivity contribution in [1.29, 1.82) is 0 Å². The average molecular weight is 243 g/mol. The molecule has 0 saturated heterocycles. The van der Waals surface area contributed by atoms with E-state index in [0.29, 0.717) is 22.6 Å². The first-order valence-electron chi connectivity index (χ1n) is 4.31. The van der Waals surface area contributed by atoms with Gasteiger partial charge in [0.25, 0.3) is 6.01 Å². The number of aromatic nitrogens is 1. The van der Waals surface area contributed by atoms with E-state index in [4.69, 9.17) is 27.6 Å². The normalized spacial score (nSPS) is 10.3. The van der Waals surface area contributed by atoms with E-state index in [-0.39, 0.29) is 0 Å². The third-order valence-corrected chi connectivity index (χ3v) is 2.31. The maximum absolute atomic E-state index is 5.76. The molecule has 0 saturated carbocycles. The Bertz CT molecular complexity index is 439. The van der Waals surface area contributed by atoms with E-state index in [1.54, 1.807) is 12.1 Å². The first-order chi connectivity index (χ1) is 7.28. The number of nitrogens with one attached hydrogen (secondary N) is 1. The fourth-order valence-electron chi connectivity index (χ4n) is 1.08. The predicted octanol–water partition coefficient (Wildman–Crippen LogP) is 3.81. The number of hydrogen-bond donors (Lipinski definition) is 1. The van der Waals surface area contributed by atoms with Gasteiger partial charge in [0.15, 0.2) is 0 Å². The van der Waals surface area contributed by atoms with Crippen LogP contribution < -0.4 is 5.32 Å². The molecular formula is C10H8Cl2N2O. The SMILES string of the molecule is ClCc1coc(Nc2ccc(Cl)cc2)n1. The lowest BCUT2D eigenvalue weighted by Crippen LogP contribution is -1.90. The van der Waals surface area contributed by atoms with Crippen molar-refractivity contribution >= 4 is 34.9 Å². The van der Waals surface area contributed by atoms with E-state index in [2.05, 4.69) is 10.3 Å². The minimum atomic E-state index is 0.339. The molecule has 0 bridgehead atoms. The molecule has 2 aromatic rings. The molecule has 0 unspecified atom stereocenters. The number of alkyl halides is 1. The second kappa shape index (κ2) is 4.55. The largest absolute Gasteiger partial charge is 0.432 e. The molecule has 15 heavy (non-hydrogen) atoms. The molecule has 0 spiro atoms. The van der Waals surface area contributed by atoms with Gasteiger partial charge in [-0.2, -0.15) is 4.98 Å². The van der Waals surface area contributed by atoms with Gasteiger partial charge in [0.2, 0.25) is 0 Å². The predicted molar refractivity (Wildman–Crippen MR) is 60.8 cm³/mol. The molecule has 3 nitrogen and oxygen atoms in total. The topological polar surface area (TPSA) is 38.1 Å². The summed E-state index contributed by atoms with van der Waals surface area (Å²) in [5, 5.41) is 3.68. The van der Waals surface area contributed by atoms with Gasteiger partial charge in [0.1, 0.15) is 6.26 Å². The van der Waals surface area contributed by atoms with Crippen molar-refractivity contribution in [3.05, 3.63) is 41.2 Å². The summed E-state index contributed by atoms with van der Waals surface area (Å²) in [5.41, 5.74) is 1.57. The minimum absolute atomic E-state index is 0.339. The van der Waals surface area contributed by atoms with Crippen LogP contribution in [0.25, 0.3) is 0 Å². The van der Waals surface area contributed by atoms with Gasteiger partial charge in [-0.1, -0.05) is 11.6 Å². The van der Waals surface area contributed by atoms with Crippen molar-refractivity contribution in [2.45, 2.75) is 5.88 Å². The first-order valence-corrected chi connectivity index (χ1v) is 5.22. The monoisotopic (exact) mass is 242 g/mol. The molecule has 1 N–H and O–H groups in total. The summed E-state index contributed by atoms with van der Waals surface area (Å²) in [7, 11) is 0. The Kier molecular flexibility index (Phi) is 3.14. The number of nitrogens with zero attached hydrogens (tertiary/aromatic N) is 1. The fraction of sp³-hybridized carbons (Fsp3) is 0.100. The van der Waals surface area contributed by atoms with Crippen LogP contribution in [0, 0.1) is 0 Å². The number of hydrogen-bond acceptors (Lipinski definition) is 3. The molecule has 0 aliphatic heterocycles. The highest BCUT2D eigenvalue weighted by Crippen LogP contribution is 2.18. The molecule has 0 fully saturated rings. The second-order valence-electron chi connectivity index (χ2n) is 2.91. The molecule has 1 aromatic carbocycles. The third-order valence-electron chi connectivity index (χ3n) is 1.78. The van der Waals surface area contributed by atoms with Gasteiger partial charge in [0.05, 0.1) is 11.6 Å². The Labute approximate surface area is 97.0 Å². The van der Waals surface area contributed by atoms with Crippen LogP contribution in [0.2, 0.25) is 5.02 Å². The smallest absolute Gasteiger partial charge is 0.299 e. The molecule has 1 aromatic heterocycles. The first kappa shape index (κ1) is 10.3. The van der Waals surface area contributed by atoms with Crippen LogP contribution in [0.15, 0.2) is 34.9 Å². The number of benzene rings is 1. The van der Waals surface area contributed by atoms with Crippen molar-refractivity contribution in [3.8, 4) is 0 Å². The van der Waals surface area contributed by atoms with Crippen LogP contribution in [-0.2, 0) is 5.88 Å². The number of anilines is 2. The molecule has 78 valence electrons. The van der Waals surface area contributed by atoms with Crippen molar-refractivity contribution in [2.24, 2.45) is 0 Å². The third kappa shape index (κ3) is 2.64. The van der Waals surface area contributed by atoms with Crippen LogP contribution in [-0.4, -0.2) is 4.98 Å². The summed E-state index contributed by atoms with van der Waals surface area (Å²) in [4.78, 5) is 4.10. The maximum Gasteiger partial charge on any atom is 0.299 e. The van der Waals surface area contributed by atoms with Crippen LogP contribution in [0.5, 0.6) is 0 Å². The summed E-state index contributed by atoms with van der Waals surface area (Å²) in [6.07, 6.45) is 1.52. The minimum Gasteiger partial charge on any atom is -0.432 e. The molecular weight excluding hydrogens is 235 g/mol. The van der Waals surface area contributed by atoms with E-state index in [9.17, 15) is 0 Å². The molecule has 0 aliphatic carbocycles. The Hall–Kier alpha value is -1.19. The van der Waals surface area contributed by atoms with Crippen LogP contribution in [0.3, 0.4) is 0 Å². The lowest BCUT2D eigenvalue weighted by Gasteiger charge is -2.00. The molecule has 5 heteroatoms. The highest BCUT2D eigenvalue weighted by atomic mass is 35.5. The van der Waals surface area contributed by atoms with Gasteiger partial charge in [0, 0.05) is 10.7 Å². The number of rotatable bonds is 3. The average Bonchev–Trinajstić information content (AvgIpc) is 2.69. The van der Waals surface area contributed by atoms with Crippen molar-refractivity contribution in [2.75, 3.05) is 5.32 Å². The summed E-state index contributed by atoms with van der Waals surface area (Å²) < 4.78 is 5.15. The maximum atomic E-state index is 5.76. The molecule has 0 radical (unpaired) electrons. The zero-order chi connectivity index (χ0) is 10.7. The molecule has 0 amide bonds. The fourth-order valence-corrected chi connectivity index (χ4v) is 1.33. The van der Waals surface area contributed by atoms with Gasteiger partial charge in [-0.05, 0) is 24.3 Å². The quantitative estimate of drug-likeness (QED) is 0.833. The Balaban J connectivity index is 2.11. The number of halogens is 2. The Morgan fingerprint density at radius 3 is 2.60 bits per heavy atom. The van der Waals surface area contributed by atoms with E-state index in [1.807, 2.05) is 12.1 Å². The summed E-state index contributed by atoms with van der Waals surface area (Å²) in [5.74, 6) is 0.339. The van der Waals surface area contributed by atoms with Crippen LogP contribution >= 0.6 is 23.2 Å². The van der Waals surface area contributed by atoms with E-state index >= 15 is 0 Å².